The van der Waals surface area contributed by atoms with Gasteiger partial charge in [-0.3, -0.25) is 4.57 Å². The van der Waals surface area contributed by atoms with Gasteiger partial charge in [0.2, 0.25) is 5.95 Å². The van der Waals surface area contributed by atoms with Crippen LogP contribution >= 0.6 is 11.6 Å². The van der Waals surface area contributed by atoms with Crippen molar-refractivity contribution in [2.75, 3.05) is 19.0 Å². The fourth-order valence-electron chi connectivity index (χ4n) is 1.79. The molecule has 1 aromatic carbocycles. The minimum Gasteiger partial charge on any atom is -0.495 e. The van der Waals surface area contributed by atoms with Crippen LogP contribution in [-0.4, -0.2) is 23.2 Å². The van der Waals surface area contributed by atoms with Crippen LogP contribution in [0.15, 0.2) is 37.1 Å². The SMILES string of the molecule is C=CCNc1nc(C)cn1-c1ccc(OC)c(Cl)c1. The van der Waals surface area contributed by atoms with Crippen molar-refractivity contribution in [3.63, 3.8) is 0 Å². The maximum absolute atomic E-state index is 6.15. The summed E-state index contributed by atoms with van der Waals surface area (Å²) in [5.74, 6) is 1.42. The Hall–Kier alpha value is -1.94. The van der Waals surface area contributed by atoms with Crippen LogP contribution in [0.5, 0.6) is 5.75 Å². The second kappa shape index (κ2) is 5.80. The number of benzene rings is 1. The van der Waals surface area contributed by atoms with Crippen LogP contribution in [0.2, 0.25) is 5.02 Å². The van der Waals surface area contributed by atoms with Gasteiger partial charge in [0.25, 0.3) is 0 Å². The van der Waals surface area contributed by atoms with E-state index >= 15 is 0 Å². The summed E-state index contributed by atoms with van der Waals surface area (Å²) in [5, 5.41) is 3.76. The molecule has 0 bridgehead atoms. The zero-order valence-corrected chi connectivity index (χ0v) is 11.7. The molecular formula is C14H16ClN3O. The summed E-state index contributed by atoms with van der Waals surface area (Å²) >= 11 is 6.15. The van der Waals surface area contributed by atoms with E-state index in [2.05, 4.69) is 16.9 Å². The Labute approximate surface area is 117 Å². The molecule has 0 fully saturated rings. The quantitative estimate of drug-likeness (QED) is 0.851. The van der Waals surface area contributed by atoms with Crippen molar-refractivity contribution in [2.45, 2.75) is 6.92 Å². The molecule has 4 nitrogen and oxygen atoms in total. The molecule has 1 aromatic heterocycles. The third kappa shape index (κ3) is 2.90. The average Bonchev–Trinajstić information content (AvgIpc) is 2.77. The monoisotopic (exact) mass is 277 g/mol. The lowest BCUT2D eigenvalue weighted by molar-refractivity contribution is 0.415. The number of aryl methyl sites for hydroxylation is 1. The number of nitrogens with zero attached hydrogens (tertiary/aromatic N) is 2. The molecule has 0 spiro atoms. The summed E-state index contributed by atoms with van der Waals surface area (Å²) < 4.78 is 7.10. The van der Waals surface area contributed by atoms with Gasteiger partial charge in [-0.05, 0) is 25.1 Å². The van der Waals surface area contributed by atoms with Gasteiger partial charge in [0.05, 0.1) is 23.5 Å². The van der Waals surface area contributed by atoms with E-state index in [-0.39, 0.29) is 0 Å². The number of rotatable bonds is 5. The summed E-state index contributed by atoms with van der Waals surface area (Å²) in [6.07, 6.45) is 3.74. The van der Waals surface area contributed by atoms with Crippen LogP contribution in [0, 0.1) is 6.92 Å². The largest absolute Gasteiger partial charge is 0.495 e. The first-order valence-electron chi connectivity index (χ1n) is 5.90. The molecule has 0 amide bonds. The average molecular weight is 278 g/mol. The van der Waals surface area contributed by atoms with Crippen molar-refractivity contribution in [3.8, 4) is 11.4 Å². The molecule has 0 unspecified atom stereocenters. The molecule has 1 heterocycles. The second-order valence-corrected chi connectivity index (χ2v) is 4.47. The molecule has 2 rings (SSSR count). The Kier molecular flexibility index (Phi) is 4.12. The molecule has 100 valence electrons. The first kappa shape index (κ1) is 13.5. The summed E-state index contributed by atoms with van der Waals surface area (Å²) in [6.45, 7) is 6.28. The van der Waals surface area contributed by atoms with Gasteiger partial charge in [-0.15, -0.1) is 6.58 Å². The number of ether oxygens (including phenoxy) is 1. The van der Waals surface area contributed by atoms with Gasteiger partial charge in [0, 0.05) is 12.7 Å². The predicted molar refractivity (Wildman–Crippen MR) is 78.5 cm³/mol. The van der Waals surface area contributed by atoms with Gasteiger partial charge in [0.1, 0.15) is 5.75 Å². The van der Waals surface area contributed by atoms with Crippen molar-refractivity contribution in [2.24, 2.45) is 0 Å². The number of halogens is 1. The highest BCUT2D eigenvalue weighted by atomic mass is 35.5. The number of methoxy groups -OCH3 is 1. The van der Waals surface area contributed by atoms with Crippen molar-refractivity contribution < 1.29 is 4.74 Å². The van der Waals surface area contributed by atoms with Crippen LogP contribution in [0.1, 0.15) is 5.69 Å². The third-order valence-electron chi connectivity index (χ3n) is 2.64. The topological polar surface area (TPSA) is 39.1 Å². The lowest BCUT2D eigenvalue weighted by Gasteiger charge is -2.10. The lowest BCUT2D eigenvalue weighted by atomic mass is 10.3. The minimum absolute atomic E-state index is 0.570. The van der Waals surface area contributed by atoms with Gasteiger partial charge in [-0.25, -0.2) is 4.98 Å². The molecule has 0 aliphatic rings. The van der Waals surface area contributed by atoms with Crippen LogP contribution < -0.4 is 10.1 Å². The first-order valence-corrected chi connectivity index (χ1v) is 6.28. The normalized spacial score (nSPS) is 10.3. The Balaban J connectivity index is 2.40. The molecule has 2 aromatic rings. The summed E-state index contributed by atoms with van der Waals surface area (Å²) in [5.41, 5.74) is 1.86. The van der Waals surface area contributed by atoms with Gasteiger partial charge in [0.15, 0.2) is 0 Å². The van der Waals surface area contributed by atoms with Gasteiger partial charge in [-0.1, -0.05) is 17.7 Å². The van der Waals surface area contributed by atoms with E-state index in [0.29, 0.717) is 17.3 Å². The maximum Gasteiger partial charge on any atom is 0.207 e. The number of hydrogen-bond donors (Lipinski definition) is 1. The Morgan fingerprint density at radius 1 is 1.53 bits per heavy atom. The number of hydrogen-bond acceptors (Lipinski definition) is 3. The fourth-order valence-corrected chi connectivity index (χ4v) is 2.04. The lowest BCUT2D eigenvalue weighted by Crippen LogP contribution is -2.05. The zero-order valence-electron chi connectivity index (χ0n) is 11.0. The highest BCUT2D eigenvalue weighted by molar-refractivity contribution is 6.32. The van der Waals surface area contributed by atoms with Gasteiger partial charge in [-0.2, -0.15) is 0 Å². The van der Waals surface area contributed by atoms with Gasteiger partial charge >= 0.3 is 0 Å². The van der Waals surface area contributed by atoms with E-state index in [1.165, 1.54) is 0 Å². The Morgan fingerprint density at radius 2 is 2.32 bits per heavy atom. The molecule has 0 aliphatic carbocycles. The van der Waals surface area contributed by atoms with Crippen LogP contribution in [0.4, 0.5) is 5.95 Å². The summed E-state index contributed by atoms with van der Waals surface area (Å²) in [6, 6.07) is 5.62. The van der Waals surface area contributed by atoms with E-state index in [1.54, 1.807) is 13.2 Å². The van der Waals surface area contributed by atoms with Crippen LogP contribution in [0.25, 0.3) is 5.69 Å². The van der Waals surface area contributed by atoms with Crippen LogP contribution in [-0.2, 0) is 0 Å². The Morgan fingerprint density at radius 3 is 2.95 bits per heavy atom. The van der Waals surface area contributed by atoms with E-state index < -0.39 is 0 Å². The number of imidazole rings is 1. The number of aromatic nitrogens is 2. The van der Waals surface area contributed by atoms with E-state index in [4.69, 9.17) is 16.3 Å². The molecule has 19 heavy (non-hydrogen) atoms. The molecule has 0 radical (unpaired) electrons. The maximum atomic E-state index is 6.15. The van der Waals surface area contributed by atoms with Gasteiger partial charge < -0.3 is 10.1 Å². The highest BCUT2D eigenvalue weighted by Crippen LogP contribution is 2.28. The molecule has 0 atom stereocenters. The van der Waals surface area contributed by atoms with E-state index in [0.717, 1.165) is 17.3 Å². The van der Waals surface area contributed by atoms with E-state index in [1.807, 2.05) is 35.9 Å². The predicted octanol–water partition coefficient (Wildman–Crippen LogP) is 3.44. The summed E-state index contributed by atoms with van der Waals surface area (Å²) in [7, 11) is 1.60. The first-order chi connectivity index (χ1) is 9.15. The molecule has 1 N–H and O–H groups in total. The molecular weight excluding hydrogens is 262 g/mol. The zero-order chi connectivity index (χ0) is 13.8. The molecule has 0 saturated carbocycles. The molecule has 0 aliphatic heterocycles. The fraction of sp³-hybridized carbons (Fsp3) is 0.214. The smallest absolute Gasteiger partial charge is 0.207 e. The van der Waals surface area contributed by atoms with Crippen molar-refractivity contribution in [3.05, 3.63) is 47.8 Å². The van der Waals surface area contributed by atoms with Crippen molar-refractivity contribution >= 4 is 17.5 Å². The molecule has 0 saturated heterocycles. The third-order valence-corrected chi connectivity index (χ3v) is 2.94. The minimum atomic E-state index is 0.570. The second-order valence-electron chi connectivity index (χ2n) is 4.06. The standard InChI is InChI=1S/C14H16ClN3O/c1-4-7-16-14-17-10(2)9-18(14)11-5-6-13(19-3)12(15)8-11/h4-6,8-9H,1,7H2,2-3H3,(H,16,17). The van der Waals surface area contributed by atoms with Crippen molar-refractivity contribution in [1.29, 1.82) is 0 Å². The number of anilines is 1. The summed E-state index contributed by atoms with van der Waals surface area (Å²) in [4.78, 5) is 4.43. The molecule has 5 heteroatoms. The van der Waals surface area contributed by atoms with Crippen LogP contribution in [0.3, 0.4) is 0 Å². The van der Waals surface area contributed by atoms with E-state index in [9.17, 15) is 0 Å². The van der Waals surface area contributed by atoms with Crippen molar-refractivity contribution in [1.82, 2.24) is 9.55 Å². The number of nitrogens with one attached hydrogen (secondary N) is 1. The Bertz CT molecular complexity index is 592. The highest BCUT2D eigenvalue weighted by Gasteiger charge is 2.09.